The van der Waals surface area contributed by atoms with Crippen LogP contribution in [0.4, 0.5) is 0 Å². The second-order valence-electron chi connectivity index (χ2n) is 7.21. The molecule has 3 nitrogen and oxygen atoms in total. The first-order valence-electron chi connectivity index (χ1n) is 9.71. The van der Waals surface area contributed by atoms with Crippen LogP contribution in [0.1, 0.15) is 11.1 Å². The van der Waals surface area contributed by atoms with Crippen molar-refractivity contribution in [2.75, 3.05) is 0 Å². The van der Waals surface area contributed by atoms with Gasteiger partial charge in [0.25, 0.3) is 0 Å². The molecule has 0 aromatic heterocycles. The highest BCUT2D eigenvalue weighted by Gasteiger charge is 2.22. The highest BCUT2D eigenvalue weighted by atomic mass is 32.2. The molecule has 158 valence electrons. The smallest absolute Gasteiger partial charge is 0.339 e. The Bertz CT molecular complexity index is 1270. The second-order valence-corrected chi connectivity index (χ2v) is 8.76. The van der Waals surface area contributed by atoms with Gasteiger partial charge in [0.2, 0.25) is 0 Å². The van der Waals surface area contributed by atoms with E-state index in [0.717, 1.165) is 33.4 Å². The van der Waals surface area contributed by atoms with Crippen LogP contribution >= 0.6 is 13.5 Å². The van der Waals surface area contributed by atoms with Gasteiger partial charge in [0.1, 0.15) is 4.90 Å². The lowest BCUT2D eigenvalue weighted by atomic mass is 9.90. The van der Waals surface area contributed by atoms with Crippen LogP contribution in [-0.2, 0) is 10.1 Å². The van der Waals surface area contributed by atoms with Crippen molar-refractivity contribution in [2.24, 2.45) is 0 Å². The molecule has 31 heavy (non-hydrogen) atoms. The van der Waals surface area contributed by atoms with Crippen LogP contribution < -0.4 is 4.18 Å². The topological polar surface area (TPSA) is 43.4 Å². The zero-order valence-corrected chi connectivity index (χ0v) is 19.2. The third-order valence-electron chi connectivity index (χ3n) is 5.01. The fraction of sp³-hybridized carbons (Fsp3) is 0.0769. The van der Waals surface area contributed by atoms with E-state index in [1.807, 2.05) is 80.6 Å². The third-order valence-corrected chi connectivity index (χ3v) is 6.26. The average Bonchev–Trinajstić information content (AvgIpc) is 2.76. The van der Waals surface area contributed by atoms with Gasteiger partial charge in [0.15, 0.2) is 5.75 Å². The molecule has 4 aromatic carbocycles. The van der Waals surface area contributed by atoms with E-state index in [4.69, 9.17) is 4.18 Å². The number of rotatable bonds is 5. The monoisotopic (exact) mass is 448 g/mol. The van der Waals surface area contributed by atoms with Crippen LogP contribution in [-0.4, -0.2) is 8.42 Å². The third kappa shape index (κ3) is 4.84. The molecule has 4 aromatic rings. The number of hydrogen-bond donors (Lipinski definition) is 0. The first-order valence-corrected chi connectivity index (χ1v) is 11.1. The summed E-state index contributed by atoms with van der Waals surface area (Å²) in [5.74, 6) is 0.311. The molecule has 0 bridgehead atoms. The van der Waals surface area contributed by atoms with E-state index in [1.54, 1.807) is 30.3 Å². The van der Waals surface area contributed by atoms with E-state index in [0.29, 0.717) is 5.75 Å². The van der Waals surface area contributed by atoms with Gasteiger partial charge >= 0.3 is 10.1 Å². The number of aryl methyl sites for hydroxylation is 2. The Morgan fingerprint density at radius 2 is 1.13 bits per heavy atom. The van der Waals surface area contributed by atoms with E-state index in [9.17, 15) is 8.42 Å². The maximum atomic E-state index is 13.0. The molecule has 0 atom stereocenters. The van der Waals surface area contributed by atoms with E-state index in [2.05, 4.69) is 0 Å². The first kappa shape index (κ1) is 22.7. The van der Waals surface area contributed by atoms with Gasteiger partial charge in [-0.25, -0.2) is 0 Å². The highest BCUT2D eigenvalue weighted by molar-refractivity contribution is 7.87. The lowest BCUT2D eigenvalue weighted by Gasteiger charge is -2.18. The Morgan fingerprint density at radius 3 is 1.68 bits per heavy atom. The lowest BCUT2D eigenvalue weighted by Crippen LogP contribution is -2.11. The van der Waals surface area contributed by atoms with Crippen LogP contribution in [0, 0.1) is 13.8 Å². The number of benzene rings is 4. The van der Waals surface area contributed by atoms with Gasteiger partial charge in [-0.2, -0.15) is 21.9 Å². The van der Waals surface area contributed by atoms with Crippen molar-refractivity contribution < 1.29 is 12.6 Å². The van der Waals surface area contributed by atoms with Gasteiger partial charge in [0, 0.05) is 5.56 Å². The Morgan fingerprint density at radius 1 is 0.613 bits per heavy atom. The minimum Gasteiger partial charge on any atom is -0.378 e. The molecule has 0 radical (unpaired) electrons. The molecular weight excluding hydrogens is 424 g/mol. The van der Waals surface area contributed by atoms with Crippen LogP contribution in [0.15, 0.2) is 102 Å². The minimum atomic E-state index is -3.97. The molecule has 0 saturated carbocycles. The van der Waals surface area contributed by atoms with Crippen LogP contribution in [0.25, 0.3) is 22.3 Å². The van der Waals surface area contributed by atoms with Crippen molar-refractivity contribution in [1.29, 1.82) is 0 Å². The summed E-state index contributed by atoms with van der Waals surface area (Å²) in [6.45, 7) is 3.93. The van der Waals surface area contributed by atoms with Crippen molar-refractivity contribution in [3.05, 3.63) is 108 Å². The Labute approximate surface area is 190 Å². The minimum absolute atomic E-state index is 0. The molecule has 0 fully saturated rings. The molecule has 0 unspecified atom stereocenters. The van der Waals surface area contributed by atoms with Crippen molar-refractivity contribution in [3.8, 4) is 28.0 Å². The van der Waals surface area contributed by atoms with Gasteiger partial charge in [-0.15, -0.1) is 0 Å². The molecule has 0 saturated heterocycles. The van der Waals surface area contributed by atoms with Gasteiger partial charge in [0.05, 0.1) is 0 Å². The average molecular weight is 449 g/mol. The fourth-order valence-corrected chi connectivity index (χ4v) is 4.44. The quantitative estimate of drug-likeness (QED) is 0.327. The summed E-state index contributed by atoms with van der Waals surface area (Å²) in [5.41, 5.74) is 5.65. The zero-order chi connectivity index (χ0) is 21.1. The summed E-state index contributed by atoms with van der Waals surface area (Å²) in [5, 5.41) is 0. The molecule has 0 aliphatic rings. The predicted molar refractivity (Wildman–Crippen MR) is 131 cm³/mol. The standard InChI is InChI=1S/C26H22O3S.H2S/c1-19-13-16-23(17-14-19)30(27,28)29-24-18-15-20(2)25(21-9-5-3-6-10-21)26(24)22-11-7-4-8-12-22;/h3-18H,1-2H3;1H2. The Balaban J connectivity index is 0.00000272. The molecule has 0 aliphatic heterocycles. The lowest BCUT2D eigenvalue weighted by molar-refractivity contribution is 0.487. The van der Waals surface area contributed by atoms with Crippen molar-refractivity contribution in [1.82, 2.24) is 0 Å². The molecular formula is C26H24O3S2. The summed E-state index contributed by atoms with van der Waals surface area (Å²) < 4.78 is 31.7. The molecule has 0 N–H and O–H groups in total. The summed E-state index contributed by atoms with van der Waals surface area (Å²) in [7, 11) is -3.97. The maximum Gasteiger partial charge on any atom is 0.339 e. The van der Waals surface area contributed by atoms with E-state index in [-0.39, 0.29) is 18.4 Å². The molecule has 5 heteroatoms. The zero-order valence-electron chi connectivity index (χ0n) is 17.4. The van der Waals surface area contributed by atoms with Gasteiger partial charge in [-0.3, -0.25) is 0 Å². The maximum absolute atomic E-state index is 13.0. The van der Waals surface area contributed by atoms with Crippen molar-refractivity contribution >= 4 is 23.6 Å². The molecule has 0 heterocycles. The predicted octanol–water partition coefficient (Wildman–Crippen LogP) is 6.52. The van der Waals surface area contributed by atoms with Gasteiger partial charge in [-0.1, -0.05) is 84.4 Å². The second kappa shape index (κ2) is 9.41. The number of hydrogen-bond acceptors (Lipinski definition) is 3. The van der Waals surface area contributed by atoms with E-state index < -0.39 is 10.1 Å². The summed E-state index contributed by atoms with van der Waals surface area (Å²) >= 11 is 0. The fourth-order valence-electron chi connectivity index (χ4n) is 3.50. The SMILES string of the molecule is Cc1ccc(S(=O)(=O)Oc2ccc(C)c(-c3ccccc3)c2-c2ccccc2)cc1.S. The van der Waals surface area contributed by atoms with Crippen LogP contribution in [0.3, 0.4) is 0 Å². The molecule has 0 spiro atoms. The van der Waals surface area contributed by atoms with Crippen molar-refractivity contribution in [2.45, 2.75) is 18.7 Å². The summed E-state index contributed by atoms with van der Waals surface area (Å²) in [6, 6.07) is 30.0. The van der Waals surface area contributed by atoms with Crippen LogP contribution in [0.2, 0.25) is 0 Å². The van der Waals surface area contributed by atoms with E-state index in [1.165, 1.54) is 0 Å². The normalized spacial score (nSPS) is 10.9. The Kier molecular flexibility index (Phi) is 6.88. The molecule has 4 rings (SSSR count). The summed E-state index contributed by atoms with van der Waals surface area (Å²) in [4.78, 5) is 0.133. The van der Waals surface area contributed by atoms with E-state index >= 15 is 0 Å². The first-order chi connectivity index (χ1) is 14.5. The molecule has 0 aliphatic carbocycles. The summed E-state index contributed by atoms with van der Waals surface area (Å²) in [6.07, 6.45) is 0. The van der Waals surface area contributed by atoms with Crippen LogP contribution in [0.5, 0.6) is 5.75 Å². The Hall–Kier alpha value is -3.02. The molecule has 0 amide bonds. The van der Waals surface area contributed by atoms with Gasteiger partial charge in [-0.05, 0) is 54.3 Å². The van der Waals surface area contributed by atoms with Crippen molar-refractivity contribution in [3.63, 3.8) is 0 Å². The van der Waals surface area contributed by atoms with Gasteiger partial charge < -0.3 is 4.18 Å². The highest BCUT2D eigenvalue weighted by Crippen LogP contribution is 2.42. The largest absolute Gasteiger partial charge is 0.378 e.